The largest absolute Gasteiger partial charge is 0.465 e. The van der Waals surface area contributed by atoms with E-state index in [2.05, 4.69) is 11.9 Å². The van der Waals surface area contributed by atoms with Crippen molar-refractivity contribution >= 4 is 5.97 Å². The van der Waals surface area contributed by atoms with Crippen LogP contribution >= 0.6 is 0 Å². The van der Waals surface area contributed by atoms with Crippen LogP contribution in [0, 0.1) is 11.6 Å². The van der Waals surface area contributed by atoms with Gasteiger partial charge in [-0.3, -0.25) is 5.32 Å². The third-order valence-electron chi connectivity index (χ3n) is 2.27. The van der Waals surface area contributed by atoms with E-state index >= 15 is 0 Å². The quantitative estimate of drug-likeness (QED) is 0.626. The number of rotatable bonds is 6. The van der Waals surface area contributed by atoms with Gasteiger partial charge in [-0.25, -0.2) is 13.6 Å². The van der Waals surface area contributed by atoms with Crippen molar-refractivity contribution in [1.29, 1.82) is 0 Å². The lowest BCUT2D eigenvalue weighted by molar-refractivity contribution is -0.145. The van der Waals surface area contributed by atoms with Crippen LogP contribution in [0.2, 0.25) is 0 Å². The average Bonchev–Trinajstić information content (AvgIpc) is 2.34. The van der Waals surface area contributed by atoms with Gasteiger partial charge in [0.25, 0.3) is 0 Å². The first kappa shape index (κ1) is 14.3. The molecule has 0 bridgehead atoms. The van der Waals surface area contributed by atoms with E-state index < -0.39 is 23.6 Å². The molecule has 98 valence electrons. The fourth-order valence-electron chi connectivity index (χ4n) is 1.46. The maximum absolute atomic E-state index is 13.1. The number of hydrogen-bond donors (Lipinski definition) is 1. The molecule has 5 heteroatoms. The normalized spacial score (nSPS) is 11.9. The summed E-state index contributed by atoms with van der Waals surface area (Å²) in [5.74, 6) is -2.49. The topological polar surface area (TPSA) is 38.3 Å². The molecule has 0 saturated carbocycles. The second kappa shape index (κ2) is 6.86. The predicted molar refractivity (Wildman–Crippen MR) is 63.9 cm³/mol. The van der Waals surface area contributed by atoms with Crippen LogP contribution in [0.1, 0.15) is 18.5 Å². The van der Waals surface area contributed by atoms with Gasteiger partial charge in [-0.15, -0.1) is 6.58 Å². The molecule has 0 aliphatic rings. The second-order valence-corrected chi connectivity index (χ2v) is 3.56. The van der Waals surface area contributed by atoms with Crippen LogP contribution in [0.15, 0.2) is 30.9 Å². The number of ether oxygens (including phenoxy) is 1. The van der Waals surface area contributed by atoms with Gasteiger partial charge >= 0.3 is 5.97 Å². The van der Waals surface area contributed by atoms with E-state index in [9.17, 15) is 13.6 Å². The Balaban J connectivity index is 2.96. The summed E-state index contributed by atoms with van der Waals surface area (Å²) in [6, 6.07) is 2.47. The van der Waals surface area contributed by atoms with Gasteiger partial charge in [-0.05, 0) is 24.6 Å². The Labute approximate surface area is 104 Å². The summed E-state index contributed by atoms with van der Waals surface area (Å²) < 4.78 is 30.8. The summed E-state index contributed by atoms with van der Waals surface area (Å²) in [5, 5.41) is 2.84. The summed E-state index contributed by atoms with van der Waals surface area (Å²) >= 11 is 0. The Morgan fingerprint density at radius 1 is 1.50 bits per heavy atom. The van der Waals surface area contributed by atoms with Gasteiger partial charge in [0.05, 0.1) is 6.61 Å². The van der Waals surface area contributed by atoms with E-state index in [1.807, 2.05) is 0 Å². The maximum Gasteiger partial charge on any atom is 0.327 e. The highest BCUT2D eigenvalue weighted by molar-refractivity contribution is 5.77. The SMILES string of the molecule is C=CCNC(C(=O)OCC)c1ccc(F)c(F)c1. The molecule has 0 heterocycles. The smallest absolute Gasteiger partial charge is 0.327 e. The molecule has 0 fully saturated rings. The number of carbonyl (C=O) groups is 1. The van der Waals surface area contributed by atoms with E-state index in [4.69, 9.17) is 4.74 Å². The lowest BCUT2D eigenvalue weighted by atomic mass is 10.1. The van der Waals surface area contributed by atoms with Crippen LogP contribution in [-0.2, 0) is 9.53 Å². The number of benzene rings is 1. The first-order valence-corrected chi connectivity index (χ1v) is 5.56. The standard InChI is InChI=1S/C13H15F2NO2/c1-3-7-16-12(13(17)18-4-2)9-5-6-10(14)11(15)8-9/h3,5-6,8,12,16H,1,4,7H2,2H3. The Kier molecular flexibility index (Phi) is 5.45. The van der Waals surface area contributed by atoms with Crippen molar-refractivity contribution in [2.45, 2.75) is 13.0 Å². The summed E-state index contributed by atoms with van der Waals surface area (Å²) in [4.78, 5) is 11.7. The zero-order valence-corrected chi connectivity index (χ0v) is 10.1. The number of hydrogen-bond acceptors (Lipinski definition) is 3. The molecular weight excluding hydrogens is 240 g/mol. The van der Waals surface area contributed by atoms with Crippen molar-refractivity contribution in [2.24, 2.45) is 0 Å². The molecule has 1 N–H and O–H groups in total. The third kappa shape index (κ3) is 3.63. The molecule has 0 saturated heterocycles. The van der Waals surface area contributed by atoms with Gasteiger partial charge in [0.1, 0.15) is 6.04 Å². The molecule has 18 heavy (non-hydrogen) atoms. The Morgan fingerprint density at radius 2 is 2.22 bits per heavy atom. The van der Waals surface area contributed by atoms with Crippen LogP contribution in [0.3, 0.4) is 0 Å². The van der Waals surface area contributed by atoms with Crippen molar-refractivity contribution in [3.05, 3.63) is 48.1 Å². The minimum atomic E-state index is -0.998. The average molecular weight is 255 g/mol. The molecule has 0 aliphatic heterocycles. The van der Waals surface area contributed by atoms with E-state index in [1.165, 1.54) is 6.07 Å². The van der Waals surface area contributed by atoms with E-state index in [-0.39, 0.29) is 6.61 Å². The summed E-state index contributed by atoms with van der Waals surface area (Å²) in [5.41, 5.74) is 0.314. The first-order valence-electron chi connectivity index (χ1n) is 5.56. The van der Waals surface area contributed by atoms with Crippen molar-refractivity contribution in [1.82, 2.24) is 5.32 Å². The van der Waals surface area contributed by atoms with Crippen molar-refractivity contribution in [3.8, 4) is 0 Å². The number of carbonyl (C=O) groups excluding carboxylic acids is 1. The van der Waals surface area contributed by atoms with Crippen LogP contribution in [0.5, 0.6) is 0 Å². The molecular formula is C13H15F2NO2. The lowest BCUT2D eigenvalue weighted by Crippen LogP contribution is -2.30. The number of nitrogens with one attached hydrogen (secondary N) is 1. The zero-order chi connectivity index (χ0) is 13.5. The molecule has 1 atom stereocenters. The Hall–Kier alpha value is -1.75. The highest BCUT2D eigenvalue weighted by atomic mass is 19.2. The molecule has 1 unspecified atom stereocenters. The minimum Gasteiger partial charge on any atom is -0.465 e. The zero-order valence-electron chi connectivity index (χ0n) is 10.1. The minimum absolute atomic E-state index is 0.217. The van der Waals surface area contributed by atoms with Gasteiger partial charge in [0.15, 0.2) is 11.6 Å². The van der Waals surface area contributed by atoms with E-state index in [0.29, 0.717) is 12.1 Å². The molecule has 0 amide bonds. The van der Waals surface area contributed by atoms with Crippen LogP contribution < -0.4 is 5.32 Å². The van der Waals surface area contributed by atoms with E-state index in [1.54, 1.807) is 13.0 Å². The Bertz CT molecular complexity index is 435. The van der Waals surface area contributed by atoms with Gasteiger partial charge in [-0.1, -0.05) is 12.1 Å². The first-order chi connectivity index (χ1) is 8.60. The molecule has 0 spiro atoms. The molecule has 0 aliphatic carbocycles. The number of halogens is 2. The van der Waals surface area contributed by atoms with Crippen molar-refractivity contribution in [3.63, 3.8) is 0 Å². The highest BCUT2D eigenvalue weighted by Crippen LogP contribution is 2.17. The van der Waals surface area contributed by atoms with Crippen LogP contribution in [0.4, 0.5) is 8.78 Å². The number of esters is 1. The van der Waals surface area contributed by atoms with Gasteiger partial charge < -0.3 is 4.74 Å². The van der Waals surface area contributed by atoms with Gasteiger partial charge in [0, 0.05) is 6.54 Å². The Morgan fingerprint density at radius 3 is 2.78 bits per heavy atom. The highest BCUT2D eigenvalue weighted by Gasteiger charge is 2.22. The maximum atomic E-state index is 13.1. The summed E-state index contributed by atoms with van der Waals surface area (Å²) in [7, 11) is 0. The van der Waals surface area contributed by atoms with E-state index in [0.717, 1.165) is 12.1 Å². The molecule has 1 rings (SSSR count). The van der Waals surface area contributed by atoms with Crippen molar-refractivity contribution < 1.29 is 18.3 Å². The molecule has 0 aromatic heterocycles. The van der Waals surface area contributed by atoms with Gasteiger partial charge in [0.2, 0.25) is 0 Å². The van der Waals surface area contributed by atoms with Crippen LogP contribution in [-0.4, -0.2) is 19.1 Å². The summed E-state index contributed by atoms with van der Waals surface area (Å²) in [6.07, 6.45) is 1.56. The second-order valence-electron chi connectivity index (χ2n) is 3.56. The molecule has 0 radical (unpaired) electrons. The fourth-order valence-corrected chi connectivity index (χ4v) is 1.46. The monoisotopic (exact) mass is 255 g/mol. The lowest BCUT2D eigenvalue weighted by Gasteiger charge is -2.16. The molecule has 1 aromatic rings. The third-order valence-corrected chi connectivity index (χ3v) is 2.27. The molecule has 1 aromatic carbocycles. The fraction of sp³-hybridized carbons (Fsp3) is 0.308. The van der Waals surface area contributed by atoms with Crippen molar-refractivity contribution in [2.75, 3.05) is 13.2 Å². The van der Waals surface area contributed by atoms with Crippen LogP contribution in [0.25, 0.3) is 0 Å². The molecule has 3 nitrogen and oxygen atoms in total. The van der Waals surface area contributed by atoms with Gasteiger partial charge in [-0.2, -0.15) is 0 Å². The summed E-state index contributed by atoms with van der Waals surface area (Å²) in [6.45, 7) is 5.76. The predicted octanol–water partition coefficient (Wildman–Crippen LogP) is 2.34.